The van der Waals surface area contributed by atoms with E-state index < -0.39 is 78.2 Å². The van der Waals surface area contributed by atoms with E-state index in [2.05, 4.69) is 21.4 Å². The molecular formula is C59H82Cl2N6O15S2. The fourth-order valence-electron chi connectivity index (χ4n) is 11.3. The smallest absolute Gasteiger partial charge is 0.310 e. The van der Waals surface area contributed by atoms with Gasteiger partial charge in [0, 0.05) is 76.2 Å². The SMILES string of the molecule is CO[C@@H]1C[C@H]2C(=O)C[C@]3(C(=O)NS(=O)(=O)CC(=O)Nc4ccccc4)C[C@H]3/C=C\CCCCC[C@H](C)C(=O)N2C1.CO[C@@H]1C[C@H]2C(=O)C[C@]3(C(=O)O)C[C@H]3/C=C\CCCCC[C@H](C)C(=O)N2C1.ClCCl.NS(=O)(=O)CC(=O)Nc1ccccc1. The zero-order valence-corrected chi connectivity index (χ0v) is 51.4. The highest BCUT2D eigenvalue weighted by atomic mass is 35.5. The topological polar surface area (TPSA) is 312 Å². The molecule has 6 aliphatic rings. The van der Waals surface area contributed by atoms with Crippen LogP contribution in [0, 0.1) is 34.5 Å². The average Bonchev–Trinajstić information content (AvgIpc) is 1.79. The summed E-state index contributed by atoms with van der Waals surface area (Å²) < 4.78 is 59.7. The van der Waals surface area contributed by atoms with Gasteiger partial charge in [0.05, 0.1) is 40.5 Å². The van der Waals surface area contributed by atoms with Crippen LogP contribution in [-0.4, -0.2) is 147 Å². The van der Waals surface area contributed by atoms with Crippen LogP contribution in [0.5, 0.6) is 0 Å². The van der Waals surface area contributed by atoms with Crippen molar-refractivity contribution in [2.24, 2.45) is 39.6 Å². The van der Waals surface area contributed by atoms with Crippen molar-refractivity contribution in [1.29, 1.82) is 0 Å². The van der Waals surface area contributed by atoms with Crippen molar-refractivity contribution < 1.29 is 69.8 Å². The summed E-state index contributed by atoms with van der Waals surface area (Å²) >= 11 is 9.53. The number of para-hydroxylation sites is 2. The summed E-state index contributed by atoms with van der Waals surface area (Å²) in [6.45, 7) is 4.54. The largest absolute Gasteiger partial charge is 0.481 e. The number of aliphatic carboxylic acids is 1. The van der Waals surface area contributed by atoms with Gasteiger partial charge in [-0.15, -0.1) is 23.2 Å². The average molecular weight is 1250 g/mol. The number of methoxy groups -OCH3 is 2. The molecule has 21 nitrogen and oxygen atoms in total. The van der Waals surface area contributed by atoms with Gasteiger partial charge >= 0.3 is 5.97 Å². The number of fused-ring (bicyclic) bond motifs is 4. The number of allylic oxidation sites excluding steroid dienone is 4. The molecule has 0 bridgehead atoms. The zero-order chi connectivity index (χ0) is 61.8. The van der Waals surface area contributed by atoms with Gasteiger partial charge in [-0.2, -0.15) is 0 Å². The van der Waals surface area contributed by atoms with Crippen molar-refractivity contribution in [1.82, 2.24) is 14.5 Å². The Balaban J connectivity index is 0.000000251. The van der Waals surface area contributed by atoms with Gasteiger partial charge < -0.3 is 35.0 Å². The number of nitrogens with two attached hydrogens (primary N) is 1. The molecule has 2 saturated heterocycles. The number of nitrogens with one attached hydrogen (secondary N) is 3. The fraction of sp³-hybridized carbons (Fsp3) is 0.593. The van der Waals surface area contributed by atoms with Crippen LogP contribution >= 0.6 is 23.2 Å². The van der Waals surface area contributed by atoms with Crippen LogP contribution < -0.4 is 20.5 Å². The number of anilines is 2. The minimum Gasteiger partial charge on any atom is -0.481 e. The van der Waals surface area contributed by atoms with E-state index in [0.29, 0.717) is 50.1 Å². The van der Waals surface area contributed by atoms with Gasteiger partial charge in [-0.25, -0.2) is 22.0 Å². The number of carbonyl (C=O) groups is 8. The maximum Gasteiger partial charge on any atom is 0.310 e. The molecule has 5 amide bonds. The first-order chi connectivity index (χ1) is 39.8. The molecule has 84 heavy (non-hydrogen) atoms. The monoisotopic (exact) mass is 1250 g/mol. The molecule has 10 atom stereocenters. The molecule has 6 N–H and O–H groups in total. The number of hydrogen-bond acceptors (Lipinski definition) is 14. The summed E-state index contributed by atoms with van der Waals surface area (Å²) in [6.07, 6.45) is 18.1. The molecule has 0 radical (unpaired) electrons. The molecule has 25 heteroatoms. The summed E-state index contributed by atoms with van der Waals surface area (Å²) in [5.41, 5.74) is -1.26. The van der Waals surface area contributed by atoms with Gasteiger partial charge in [-0.3, -0.25) is 43.1 Å². The molecule has 2 saturated carbocycles. The third kappa shape index (κ3) is 20.6. The lowest BCUT2D eigenvalue weighted by Crippen LogP contribution is -2.46. The van der Waals surface area contributed by atoms with E-state index in [1.165, 1.54) is 0 Å². The number of carboxylic acid groups (broad SMARTS) is 1. The van der Waals surface area contributed by atoms with Gasteiger partial charge in [0.1, 0.15) is 11.5 Å². The number of sulfonamides is 2. The standard InChI is InChI=1S/C29H39N3O7S.C21H31NO5.C8H10N2O3S.CH2Cl2/c1-20-11-7-4-3-5-8-12-21-16-29(21,17-25(33)24-15-23(39-2)18-32(24)27(20)35)28(36)31-40(37,38)19-26(34)30-22-13-9-6-10-14-22;1-14-8-6-4-3-5-7-9-15-11-21(15,20(25)26)12-18(23)17-10-16(27-2)13-22(17)19(14)24;9-14(12,13)6-8(11)10-7-4-2-1-3-5-7;2-1-3/h6,8-10,12-14,20-21,23-24H,3-5,7,11,15-19H2,1-2H3,(H,30,34)(H,31,36);7,9,14-17H,3-6,8,10-13H2,1-2H3,(H,25,26);1-5H,6H2,(H,10,11)(H2,9,12,13);1H2/b12-8-;9-7-;;/t20-,21+,23+,24-,29+;14-,15+,16+,17-,21+;;/m00../s1. The number of benzene rings is 2. The van der Waals surface area contributed by atoms with E-state index in [4.69, 9.17) is 37.8 Å². The fourth-order valence-corrected chi connectivity index (χ4v) is 12.7. The highest BCUT2D eigenvalue weighted by Gasteiger charge is 2.62. The Morgan fingerprint density at radius 3 is 1.46 bits per heavy atom. The number of carbonyl (C=O) groups excluding carboxylic acids is 7. The molecule has 464 valence electrons. The van der Waals surface area contributed by atoms with Crippen LogP contribution in [0.4, 0.5) is 11.4 Å². The van der Waals surface area contributed by atoms with E-state index in [1.807, 2.05) is 32.1 Å². The Labute approximate surface area is 503 Å². The first-order valence-electron chi connectivity index (χ1n) is 28.5. The molecule has 8 rings (SSSR count). The van der Waals surface area contributed by atoms with Crippen molar-refractivity contribution in [3.05, 3.63) is 85.0 Å². The van der Waals surface area contributed by atoms with Gasteiger partial charge in [0.15, 0.2) is 11.6 Å². The molecule has 0 spiro atoms. The second kappa shape index (κ2) is 32.3. The van der Waals surface area contributed by atoms with Crippen LogP contribution in [0.25, 0.3) is 0 Å². The van der Waals surface area contributed by atoms with Crippen molar-refractivity contribution >= 4 is 102 Å². The first-order valence-corrected chi connectivity index (χ1v) is 32.9. The third-order valence-corrected chi connectivity index (χ3v) is 18.0. The lowest BCUT2D eigenvalue weighted by atomic mass is 9.91. The van der Waals surface area contributed by atoms with Crippen LogP contribution in [0.3, 0.4) is 0 Å². The van der Waals surface area contributed by atoms with E-state index in [-0.39, 0.29) is 77.4 Å². The number of ether oxygens (including phenoxy) is 2. The number of carboxylic acids is 1. The number of rotatable bonds is 11. The van der Waals surface area contributed by atoms with E-state index in [1.54, 1.807) is 84.7 Å². The molecule has 0 aromatic heterocycles. The van der Waals surface area contributed by atoms with E-state index in [9.17, 15) is 60.3 Å². The Morgan fingerprint density at radius 2 is 1.05 bits per heavy atom. The second-order valence-corrected chi connectivity index (χ2v) is 26.7. The third-order valence-electron chi connectivity index (χ3n) is 16.2. The summed E-state index contributed by atoms with van der Waals surface area (Å²) in [6, 6.07) is 15.7. The van der Waals surface area contributed by atoms with Crippen LogP contribution in [0.1, 0.15) is 117 Å². The Bertz CT molecular complexity index is 2900. The second-order valence-electron chi connectivity index (χ2n) is 22.6. The van der Waals surface area contributed by atoms with Gasteiger partial charge in [-0.05, 0) is 87.5 Å². The van der Waals surface area contributed by atoms with Crippen LogP contribution in [-0.2, 0) is 67.9 Å². The predicted octanol–water partition coefficient (Wildman–Crippen LogP) is 6.95. The Morgan fingerprint density at radius 1 is 0.643 bits per heavy atom. The van der Waals surface area contributed by atoms with Gasteiger partial charge in [0.2, 0.25) is 49.6 Å². The van der Waals surface area contributed by atoms with Gasteiger partial charge in [0.25, 0.3) is 0 Å². The minimum atomic E-state index is -4.32. The summed E-state index contributed by atoms with van der Waals surface area (Å²) in [5.74, 6) is -6.01. The highest BCUT2D eigenvalue weighted by Crippen LogP contribution is 2.58. The predicted molar refractivity (Wildman–Crippen MR) is 319 cm³/mol. The van der Waals surface area contributed by atoms with Gasteiger partial charge in [-0.1, -0.05) is 100 Å². The maximum absolute atomic E-state index is 13.7. The number of primary sulfonamides is 1. The van der Waals surface area contributed by atoms with E-state index in [0.717, 1.165) is 64.2 Å². The number of nitrogens with zero attached hydrogens (tertiary/aromatic N) is 2. The van der Waals surface area contributed by atoms with Crippen molar-refractivity contribution in [3.63, 3.8) is 0 Å². The zero-order valence-electron chi connectivity index (χ0n) is 48.3. The lowest BCUT2D eigenvalue weighted by Gasteiger charge is -2.27. The number of amides is 5. The summed E-state index contributed by atoms with van der Waals surface area (Å²) in [5, 5.41) is 19.5. The number of halogens is 2. The molecule has 2 aromatic rings. The maximum atomic E-state index is 13.7. The van der Waals surface area contributed by atoms with Crippen molar-refractivity contribution in [3.8, 4) is 0 Å². The number of Topliss-reactive ketones (excluding diaryl/α,β-unsaturated/α-hetero) is 2. The lowest BCUT2D eigenvalue weighted by molar-refractivity contribution is -0.147. The number of hydrogen-bond donors (Lipinski definition) is 5. The van der Waals surface area contributed by atoms with Crippen molar-refractivity contribution in [2.45, 2.75) is 141 Å². The summed E-state index contributed by atoms with van der Waals surface area (Å²) in [4.78, 5) is 105. The molecular weight excluding hydrogens is 1170 g/mol. The van der Waals surface area contributed by atoms with Crippen molar-refractivity contribution in [2.75, 3.05) is 54.8 Å². The summed E-state index contributed by atoms with van der Waals surface area (Å²) in [7, 11) is -4.94. The molecule has 4 heterocycles. The quantitative estimate of drug-likeness (QED) is 0.112. The Kier molecular flexibility index (Phi) is 26.6. The van der Waals surface area contributed by atoms with Crippen LogP contribution in [0.2, 0.25) is 0 Å². The number of alkyl halides is 2. The molecule has 2 aliphatic carbocycles. The number of ketones is 2. The first kappa shape index (κ1) is 69.2. The molecule has 0 unspecified atom stereocenters. The molecule has 4 aliphatic heterocycles. The van der Waals surface area contributed by atoms with E-state index >= 15 is 0 Å². The molecule has 2 aromatic carbocycles. The Hall–Kier alpha value is -5.56. The highest BCUT2D eigenvalue weighted by molar-refractivity contribution is 7.90. The normalized spacial score (nSPS) is 29.0. The van der Waals surface area contributed by atoms with Crippen LogP contribution in [0.15, 0.2) is 85.0 Å². The minimum absolute atomic E-state index is 0.00220. The molecule has 4 fully saturated rings.